The lowest BCUT2D eigenvalue weighted by atomic mass is 9.96. The lowest BCUT2D eigenvalue weighted by Crippen LogP contribution is -2.18. The molecule has 7 heteroatoms. The lowest BCUT2D eigenvalue weighted by molar-refractivity contribution is -0.153. The Kier molecular flexibility index (Phi) is 6.20. The molecule has 1 heterocycles. The highest BCUT2D eigenvalue weighted by Gasteiger charge is 2.19. The van der Waals surface area contributed by atoms with Gasteiger partial charge in [-0.1, -0.05) is 11.6 Å². The number of hydrogen-bond acceptors (Lipinski definition) is 4. The van der Waals surface area contributed by atoms with Crippen molar-refractivity contribution in [3.8, 4) is 11.1 Å². The van der Waals surface area contributed by atoms with Gasteiger partial charge in [0.15, 0.2) is 0 Å². The molecule has 4 nitrogen and oxygen atoms in total. The van der Waals surface area contributed by atoms with E-state index in [1.165, 1.54) is 6.07 Å². The van der Waals surface area contributed by atoms with Crippen molar-refractivity contribution in [1.82, 2.24) is 4.98 Å². The number of pyridine rings is 1. The molecule has 2 rings (SSSR count). The van der Waals surface area contributed by atoms with Gasteiger partial charge in [-0.15, -0.1) is 0 Å². The number of benzene rings is 1. The summed E-state index contributed by atoms with van der Waals surface area (Å²) in [6.45, 7) is 3.38. The Morgan fingerprint density at radius 3 is 2.56 bits per heavy atom. The zero-order valence-electron chi connectivity index (χ0n) is 13.7. The summed E-state index contributed by atoms with van der Waals surface area (Å²) in [6.07, 6.45) is -0.0744. The van der Waals surface area contributed by atoms with Crippen LogP contribution in [0.4, 0.5) is 8.78 Å². The van der Waals surface area contributed by atoms with Gasteiger partial charge in [-0.3, -0.25) is 4.79 Å². The largest absolute Gasteiger partial charge is 0.460 e. The molecule has 2 aromatic rings. The fraction of sp³-hybridized carbons (Fsp3) is 0.278. The van der Waals surface area contributed by atoms with Crippen LogP contribution in [0.1, 0.15) is 24.6 Å². The third-order valence-corrected chi connectivity index (χ3v) is 3.84. The molecule has 0 amide bonds. The first kappa shape index (κ1) is 19.0. The van der Waals surface area contributed by atoms with Gasteiger partial charge in [-0.25, -0.2) is 18.6 Å². The van der Waals surface area contributed by atoms with Crippen molar-refractivity contribution in [2.24, 2.45) is 0 Å². The monoisotopic (exact) mass is 367 g/mol. The Bertz CT molecular complexity index is 824. The van der Waals surface area contributed by atoms with E-state index in [0.29, 0.717) is 16.8 Å². The van der Waals surface area contributed by atoms with Gasteiger partial charge in [-0.05, 0) is 49.6 Å². The molecule has 0 bridgehead atoms. The van der Waals surface area contributed by atoms with E-state index in [1.807, 2.05) is 0 Å². The maximum absolute atomic E-state index is 14.2. The van der Waals surface area contributed by atoms with Crippen molar-refractivity contribution >= 4 is 23.4 Å². The van der Waals surface area contributed by atoms with E-state index in [4.69, 9.17) is 11.6 Å². The van der Waals surface area contributed by atoms with Crippen LogP contribution in [0.5, 0.6) is 0 Å². The Morgan fingerprint density at radius 2 is 1.92 bits per heavy atom. The van der Waals surface area contributed by atoms with Crippen LogP contribution in [0.25, 0.3) is 11.1 Å². The van der Waals surface area contributed by atoms with Crippen LogP contribution in [0.2, 0.25) is 5.15 Å². The van der Waals surface area contributed by atoms with Gasteiger partial charge >= 0.3 is 5.97 Å². The van der Waals surface area contributed by atoms with Crippen molar-refractivity contribution < 1.29 is 23.1 Å². The van der Waals surface area contributed by atoms with E-state index in [2.05, 4.69) is 9.72 Å². The highest BCUT2D eigenvalue weighted by Crippen LogP contribution is 2.32. The van der Waals surface area contributed by atoms with Crippen molar-refractivity contribution in [2.75, 3.05) is 6.61 Å². The van der Waals surface area contributed by atoms with E-state index in [1.54, 1.807) is 19.9 Å². The normalized spacial score (nSPS) is 10.6. The van der Waals surface area contributed by atoms with Crippen LogP contribution in [-0.2, 0) is 20.7 Å². The van der Waals surface area contributed by atoms with Gasteiger partial charge in [0.25, 0.3) is 0 Å². The molecule has 0 saturated carbocycles. The summed E-state index contributed by atoms with van der Waals surface area (Å²) in [5.74, 6) is -3.07. The number of aromatic nitrogens is 1. The summed E-state index contributed by atoms with van der Waals surface area (Å²) in [6, 6.07) is 4.81. The van der Waals surface area contributed by atoms with Crippen LogP contribution in [-0.4, -0.2) is 23.3 Å². The molecule has 0 unspecified atom stereocenters. The molecule has 0 saturated heterocycles. The van der Waals surface area contributed by atoms with Crippen molar-refractivity contribution in [3.63, 3.8) is 0 Å². The number of Topliss-reactive ketones (excluding diaryl/α,β-unsaturated/α-hetero) is 1. The predicted molar refractivity (Wildman–Crippen MR) is 89.3 cm³/mol. The zero-order valence-corrected chi connectivity index (χ0v) is 14.5. The number of carbonyl (C=O) groups is 2. The van der Waals surface area contributed by atoms with E-state index in [-0.39, 0.29) is 30.2 Å². The topological polar surface area (TPSA) is 56.3 Å². The number of carbonyl (C=O) groups excluding carboxylic acids is 2. The van der Waals surface area contributed by atoms with Crippen LogP contribution in [0.15, 0.2) is 24.3 Å². The molecule has 25 heavy (non-hydrogen) atoms. The van der Waals surface area contributed by atoms with Gasteiger partial charge in [0.1, 0.15) is 16.8 Å². The second-order valence-electron chi connectivity index (χ2n) is 5.35. The highest BCUT2D eigenvalue weighted by atomic mass is 35.5. The standard InChI is InChI=1S/C18H16ClF2NO3/c1-3-25-18(24)16(23)7-6-13-14(8-10(2)22-17(13)19)12-5-4-11(20)9-15(12)21/h4-5,8-9H,3,6-7H2,1-2H3. The molecule has 1 aromatic heterocycles. The molecule has 0 aliphatic heterocycles. The Hall–Kier alpha value is -2.34. The van der Waals surface area contributed by atoms with E-state index in [0.717, 1.165) is 12.1 Å². The molecular formula is C18H16ClF2NO3. The summed E-state index contributed by atoms with van der Waals surface area (Å²) in [5, 5.41) is 0.107. The number of aryl methyl sites for hydroxylation is 1. The highest BCUT2D eigenvalue weighted by molar-refractivity contribution is 6.33. The number of rotatable bonds is 6. The first-order valence-corrected chi connectivity index (χ1v) is 8.02. The van der Waals surface area contributed by atoms with E-state index in [9.17, 15) is 18.4 Å². The molecule has 0 aliphatic carbocycles. The quantitative estimate of drug-likeness (QED) is 0.439. The Balaban J connectivity index is 2.38. The second kappa shape index (κ2) is 8.16. The summed E-state index contributed by atoms with van der Waals surface area (Å²) in [4.78, 5) is 27.3. The van der Waals surface area contributed by atoms with Gasteiger partial charge in [0.05, 0.1) is 6.61 Å². The number of halogens is 3. The minimum atomic E-state index is -0.923. The first-order valence-electron chi connectivity index (χ1n) is 7.64. The number of esters is 1. The molecule has 1 aromatic carbocycles. The van der Waals surface area contributed by atoms with E-state index < -0.39 is 23.4 Å². The smallest absolute Gasteiger partial charge is 0.374 e. The van der Waals surface area contributed by atoms with Crippen LogP contribution < -0.4 is 0 Å². The molecule has 0 fully saturated rings. The van der Waals surface area contributed by atoms with Crippen LogP contribution in [0.3, 0.4) is 0 Å². The van der Waals surface area contributed by atoms with E-state index >= 15 is 0 Å². The van der Waals surface area contributed by atoms with Crippen molar-refractivity contribution in [1.29, 1.82) is 0 Å². The first-order chi connectivity index (χ1) is 11.8. The number of nitrogens with zero attached hydrogens (tertiary/aromatic N) is 1. The van der Waals surface area contributed by atoms with Gasteiger partial charge in [-0.2, -0.15) is 0 Å². The van der Waals surface area contributed by atoms with Crippen LogP contribution in [0, 0.1) is 18.6 Å². The van der Waals surface area contributed by atoms with Gasteiger partial charge < -0.3 is 4.74 Å². The predicted octanol–water partition coefficient (Wildman–Crippen LogP) is 4.05. The van der Waals surface area contributed by atoms with Crippen molar-refractivity contribution in [2.45, 2.75) is 26.7 Å². The average Bonchev–Trinajstić information content (AvgIpc) is 2.53. The summed E-state index contributed by atoms with van der Waals surface area (Å²) in [5.41, 5.74) is 1.51. The van der Waals surface area contributed by atoms with Crippen molar-refractivity contribution in [3.05, 3.63) is 52.3 Å². The third-order valence-electron chi connectivity index (χ3n) is 3.53. The minimum Gasteiger partial charge on any atom is -0.460 e. The maximum atomic E-state index is 14.2. The SMILES string of the molecule is CCOC(=O)C(=O)CCc1c(-c2ccc(F)cc2F)cc(C)nc1Cl. The molecular weight excluding hydrogens is 352 g/mol. The summed E-state index contributed by atoms with van der Waals surface area (Å²) in [7, 11) is 0. The molecule has 0 aliphatic rings. The fourth-order valence-corrected chi connectivity index (χ4v) is 2.73. The second-order valence-corrected chi connectivity index (χ2v) is 5.71. The summed E-state index contributed by atoms with van der Waals surface area (Å²) < 4.78 is 32.0. The maximum Gasteiger partial charge on any atom is 0.374 e. The molecule has 0 radical (unpaired) electrons. The lowest BCUT2D eigenvalue weighted by Gasteiger charge is -2.13. The summed E-state index contributed by atoms with van der Waals surface area (Å²) >= 11 is 6.16. The molecule has 0 N–H and O–H groups in total. The average molecular weight is 368 g/mol. The molecule has 132 valence electrons. The Morgan fingerprint density at radius 1 is 1.20 bits per heavy atom. The fourth-order valence-electron chi connectivity index (χ4n) is 2.40. The zero-order chi connectivity index (χ0) is 18.6. The van der Waals surface area contributed by atoms with Crippen LogP contribution >= 0.6 is 11.6 Å². The Labute approximate surface area is 148 Å². The molecule has 0 spiro atoms. The minimum absolute atomic E-state index is 0.0793. The number of hydrogen-bond donors (Lipinski definition) is 0. The number of ether oxygens (including phenoxy) is 1. The molecule has 0 atom stereocenters. The third kappa shape index (κ3) is 4.60. The van der Waals surface area contributed by atoms with Gasteiger partial charge in [0, 0.05) is 23.7 Å². The van der Waals surface area contributed by atoms with Gasteiger partial charge in [0.2, 0.25) is 5.78 Å². The number of ketones is 1.